The molecule has 134 valence electrons. The molecule has 0 atom stereocenters. The van der Waals surface area contributed by atoms with Crippen molar-refractivity contribution in [1.82, 2.24) is 4.98 Å². The molecule has 0 bridgehead atoms. The Kier molecular flexibility index (Phi) is 3.69. The molecular weight excluding hydrogens is 348 g/mol. The molecule has 0 saturated carbocycles. The maximum atomic E-state index is 11.3. The third-order valence-electron chi connectivity index (χ3n) is 5.08. The average Bonchev–Trinajstić information content (AvgIpc) is 3.34. The number of nitrogens with zero attached hydrogens (tertiary/aromatic N) is 1. The van der Waals surface area contributed by atoms with E-state index in [0.29, 0.717) is 0 Å². The Morgan fingerprint density at radius 1 is 0.857 bits per heavy atom. The molecule has 28 heavy (non-hydrogen) atoms. The molecule has 1 aromatic heterocycles. The smallest absolute Gasteiger partial charge is 0.335 e. The number of aromatic nitrogens is 1. The van der Waals surface area contributed by atoms with Gasteiger partial charge in [0, 0.05) is 45.6 Å². The summed E-state index contributed by atoms with van der Waals surface area (Å²) in [6.07, 6.45) is 3.90. The van der Waals surface area contributed by atoms with E-state index in [2.05, 4.69) is 22.1 Å². The van der Waals surface area contributed by atoms with E-state index in [1.807, 2.05) is 60.9 Å². The van der Waals surface area contributed by atoms with Crippen molar-refractivity contribution in [3.05, 3.63) is 101 Å². The maximum Gasteiger partial charge on any atom is 0.335 e. The minimum absolute atomic E-state index is 0.271. The van der Waals surface area contributed by atoms with Crippen molar-refractivity contribution in [3.63, 3.8) is 0 Å². The highest BCUT2D eigenvalue weighted by Gasteiger charge is 2.21. The SMILES string of the molecule is O=C(O)c1ccc(/C(=C2/C=Nc3ccccc32)c2c[nH]c3ccccc23)cc1. The van der Waals surface area contributed by atoms with E-state index in [1.54, 1.807) is 12.1 Å². The van der Waals surface area contributed by atoms with Gasteiger partial charge in [0.05, 0.1) is 11.3 Å². The number of carboxylic acid groups (broad SMARTS) is 1. The van der Waals surface area contributed by atoms with Crippen molar-refractivity contribution in [2.45, 2.75) is 0 Å². The molecule has 1 aliphatic heterocycles. The van der Waals surface area contributed by atoms with Crippen molar-refractivity contribution in [1.29, 1.82) is 0 Å². The molecule has 0 fully saturated rings. The number of hydrogen-bond acceptors (Lipinski definition) is 2. The normalized spacial score (nSPS) is 14.3. The van der Waals surface area contributed by atoms with E-state index in [9.17, 15) is 9.90 Å². The fourth-order valence-corrected chi connectivity index (χ4v) is 3.73. The number of carboxylic acids is 1. The molecule has 4 heteroatoms. The van der Waals surface area contributed by atoms with Crippen LogP contribution in [-0.4, -0.2) is 22.3 Å². The van der Waals surface area contributed by atoms with Crippen LogP contribution < -0.4 is 0 Å². The molecule has 1 aliphatic rings. The van der Waals surface area contributed by atoms with E-state index in [0.717, 1.165) is 44.4 Å². The van der Waals surface area contributed by atoms with Crippen molar-refractivity contribution in [2.75, 3.05) is 0 Å². The molecule has 3 aromatic carbocycles. The van der Waals surface area contributed by atoms with Crippen LogP contribution in [0.3, 0.4) is 0 Å². The highest BCUT2D eigenvalue weighted by Crippen LogP contribution is 2.40. The molecule has 2 heterocycles. The number of hydrogen-bond donors (Lipinski definition) is 2. The van der Waals surface area contributed by atoms with Crippen molar-refractivity contribution < 1.29 is 9.90 Å². The molecule has 5 rings (SSSR count). The predicted octanol–water partition coefficient (Wildman–Crippen LogP) is 5.54. The number of nitrogens with one attached hydrogen (secondary N) is 1. The number of para-hydroxylation sites is 2. The van der Waals surface area contributed by atoms with Crippen LogP contribution in [-0.2, 0) is 0 Å². The highest BCUT2D eigenvalue weighted by molar-refractivity contribution is 6.27. The number of aliphatic imine (C=N–C) groups is 1. The van der Waals surface area contributed by atoms with Crippen LogP contribution in [0.5, 0.6) is 0 Å². The number of allylic oxidation sites excluding steroid dienone is 1. The summed E-state index contributed by atoms with van der Waals surface area (Å²) >= 11 is 0. The van der Waals surface area contributed by atoms with Crippen molar-refractivity contribution >= 4 is 39.9 Å². The van der Waals surface area contributed by atoms with Crippen LogP contribution in [0.4, 0.5) is 5.69 Å². The lowest BCUT2D eigenvalue weighted by Crippen LogP contribution is -1.98. The number of fused-ring (bicyclic) bond motifs is 2. The molecule has 0 aliphatic carbocycles. The Labute approximate surface area is 161 Å². The molecule has 4 nitrogen and oxygen atoms in total. The predicted molar refractivity (Wildman–Crippen MR) is 112 cm³/mol. The second-order valence-corrected chi connectivity index (χ2v) is 6.69. The first-order valence-corrected chi connectivity index (χ1v) is 9.00. The van der Waals surface area contributed by atoms with Gasteiger partial charge >= 0.3 is 5.97 Å². The van der Waals surface area contributed by atoms with Crippen LogP contribution >= 0.6 is 0 Å². The summed E-state index contributed by atoms with van der Waals surface area (Å²) in [7, 11) is 0. The maximum absolute atomic E-state index is 11.3. The van der Waals surface area contributed by atoms with Gasteiger partial charge in [-0.15, -0.1) is 0 Å². The Hall–Kier alpha value is -3.92. The van der Waals surface area contributed by atoms with Crippen LogP contribution in [0.25, 0.3) is 22.0 Å². The number of aromatic amines is 1. The highest BCUT2D eigenvalue weighted by atomic mass is 16.4. The number of carbonyl (C=O) groups is 1. The summed E-state index contributed by atoms with van der Waals surface area (Å²) in [5, 5.41) is 10.4. The second kappa shape index (κ2) is 6.35. The van der Waals surface area contributed by atoms with Gasteiger partial charge in [-0.2, -0.15) is 0 Å². The minimum atomic E-state index is -0.930. The van der Waals surface area contributed by atoms with Gasteiger partial charge in [0.25, 0.3) is 0 Å². The zero-order chi connectivity index (χ0) is 19.1. The number of aromatic carboxylic acids is 1. The number of benzene rings is 3. The zero-order valence-corrected chi connectivity index (χ0v) is 14.9. The lowest BCUT2D eigenvalue weighted by molar-refractivity contribution is 0.0697. The molecule has 0 radical (unpaired) electrons. The first kappa shape index (κ1) is 16.3. The summed E-state index contributed by atoms with van der Waals surface area (Å²) in [6, 6.07) is 23.2. The minimum Gasteiger partial charge on any atom is -0.478 e. The van der Waals surface area contributed by atoms with Gasteiger partial charge in [-0.3, -0.25) is 4.99 Å². The third kappa shape index (κ3) is 2.55. The van der Waals surface area contributed by atoms with E-state index in [4.69, 9.17) is 0 Å². The summed E-state index contributed by atoms with van der Waals surface area (Å²) in [5.41, 5.74) is 7.42. The Morgan fingerprint density at radius 2 is 1.57 bits per heavy atom. The van der Waals surface area contributed by atoms with Gasteiger partial charge in [0.2, 0.25) is 0 Å². The lowest BCUT2D eigenvalue weighted by Gasteiger charge is -2.12. The van der Waals surface area contributed by atoms with Crippen LogP contribution in [0.2, 0.25) is 0 Å². The summed E-state index contributed by atoms with van der Waals surface area (Å²) in [5.74, 6) is -0.930. The number of H-pyrrole nitrogens is 1. The first-order chi connectivity index (χ1) is 13.7. The summed E-state index contributed by atoms with van der Waals surface area (Å²) in [4.78, 5) is 19.2. The monoisotopic (exact) mass is 364 g/mol. The Bertz CT molecular complexity index is 1280. The zero-order valence-electron chi connectivity index (χ0n) is 14.9. The van der Waals surface area contributed by atoms with Crippen molar-refractivity contribution in [2.24, 2.45) is 4.99 Å². The molecular formula is C24H16N2O2. The average molecular weight is 364 g/mol. The quantitative estimate of drug-likeness (QED) is 0.501. The van der Waals surface area contributed by atoms with E-state index in [-0.39, 0.29) is 5.56 Å². The van der Waals surface area contributed by atoms with Crippen LogP contribution in [0, 0.1) is 0 Å². The van der Waals surface area contributed by atoms with Crippen molar-refractivity contribution in [3.8, 4) is 0 Å². The number of rotatable bonds is 3. The Balaban J connectivity index is 1.80. The van der Waals surface area contributed by atoms with Gasteiger partial charge in [0.1, 0.15) is 0 Å². The molecule has 0 saturated heterocycles. The fourth-order valence-electron chi connectivity index (χ4n) is 3.73. The van der Waals surface area contributed by atoms with Gasteiger partial charge in [-0.05, 0) is 29.8 Å². The van der Waals surface area contributed by atoms with Gasteiger partial charge < -0.3 is 10.1 Å². The van der Waals surface area contributed by atoms with Gasteiger partial charge in [-0.25, -0.2) is 4.79 Å². The molecule has 2 N–H and O–H groups in total. The third-order valence-corrected chi connectivity index (χ3v) is 5.08. The Morgan fingerprint density at radius 3 is 2.39 bits per heavy atom. The molecule has 0 unspecified atom stereocenters. The standard InChI is InChI=1S/C24H16N2O2/c27-24(28)16-11-9-15(10-12-16)23(19-13-25-21-7-3-1-5-17(19)21)20-14-26-22-8-4-2-6-18(20)22/h1-14,25H,(H,27,28)/b23-20+. The lowest BCUT2D eigenvalue weighted by atomic mass is 9.90. The van der Waals surface area contributed by atoms with Gasteiger partial charge in [0.15, 0.2) is 0 Å². The second-order valence-electron chi connectivity index (χ2n) is 6.69. The fraction of sp³-hybridized carbons (Fsp3) is 0. The van der Waals surface area contributed by atoms with E-state index >= 15 is 0 Å². The van der Waals surface area contributed by atoms with Crippen LogP contribution in [0.15, 0.2) is 84.0 Å². The molecule has 0 amide bonds. The molecule has 4 aromatic rings. The summed E-state index contributed by atoms with van der Waals surface area (Å²) < 4.78 is 0. The summed E-state index contributed by atoms with van der Waals surface area (Å²) in [6.45, 7) is 0. The van der Waals surface area contributed by atoms with Crippen LogP contribution in [0.1, 0.15) is 27.0 Å². The largest absolute Gasteiger partial charge is 0.478 e. The van der Waals surface area contributed by atoms with E-state index < -0.39 is 5.97 Å². The topological polar surface area (TPSA) is 65.4 Å². The van der Waals surface area contributed by atoms with E-state index in [1.165, 1.54) is 0 Å². The molecule has 0 spiro atoms. The first-order valence-electron chi connectivity index (χ1n) is 9.00. The van der Waals surface area contributed by atoms with Gasteiger partial charge in [-0.1, -0.05) is 48.5 Å².